The molecule has 0 saturated heterocycles. The molecule has 0 heterocycles. The summed E-state index contributed by atoms with van der Waals surface area (Å²) in [6.45, 7) is 0.215. The number of hydrogen-bond acceptors (Lipinski definition) is 4. The van der Waals surface area contributed by atoms with Crippen LogP contribution in [0, 0.1) is 17.1 Å². The van der Waals surface area contributed by atoms with Gasteiger partial charge in [0.15, 0.2) is 0 Å². The van der Waals surface area contributed by atoms with E-state index in [0.717, 1.165) is 16.3 Å². The minimum absolute atomic E-state index is 0.215. The number of benzene rings is 3. The van der Waals surface area contributed by atoms with Gasteiger partial charge in [0, 0.05) is 19.2 Å². The molecule has 0 radical (unpaired) electrons. The molecule has 28 heavy (non-hydrogen) atoms. The molecule has 1 atom stereocenters. The molecule has 142 valence electrons. The van der Waals surface area contributed by atoms with Crippen molar-refractivity contribution >= 4 is 16.7 Å². The van der Waals surface area contributed by atoms with E-state index >= 15 is 0 Å². The van der Waals surface area contributed by atoms with Crippen molar-refractivity contribution in [3.05, 3.63) is 77.1 Å². The van der Waals surface area contributed by atoms with E-state index in [0.29, 0.717) is 16.9 Å². The Morgan fingerprint density at radius 1 is 1.25 bits per heavy atom. The molecule has 0 saturated carbocycles. The summed E-state index contributed by atoms with van der Waals surface area (Å²) >= 11 is 0. The predicted molar refractivity (Wildman–Crippen MR) is 105 cm³/mol. The predicted octanol–water partition coefficient (Wildman–Crippen LogP) is 3.52. The number of likely N-dealkylation sites (N-methyl/N-ethyl adjacent to an activating group) is 1. The molecule has 3 aromatic carbocycles. The van der Waals surface area contributed by atoms with Gasteiger partial charge in [0.1, 0.15) is 23.7 Å². The number of rotatable bonds is 5. The zero-order chi connectivity index (χ0) is 20.3. The number of fused-ring (bicyclic) bond motifs is 1. The van der Waals surface area contributed by atoms with E-state index < -0.39 is 6.04 Å². The lowest BCUT2D eigenvalue weighted by atomic mass is 9.98. The van der Waals surface area contributed by atoms with Gasteiger partial charge in [0.05, 0.1) is 12.7 Å². The average molecular weight is 377 g/mol. The fraction of sp³-hybridized carbons (Fsp3) is 0.182. The minimum Gasteiger partial charge on any atom is -0.495 e. The van der Waals surface area contributed by atoms with E-state index in [2.05, 4.69) is 6.07 Å². The van der Waals surface area contributed by atoms with Gasteiger partial charge in [0.2, 0.25) is 5.91 Å². The molecule has 1 amide bonds. The Labute approximate surface area is 162 Å². The quantitative estimate of drug-likeness (QED) is 0.738. The first-order valence-electron chi connectivity index (χ1n) is 8.71. The lowest BCUT2D eigenvalue weighted by Crippen LogP contribution is -2.35. The summed E-state index contributed by atoms with van der Waals surface area (Å²) in [4.78, 5) is 14.3. The van der Waals surface area contributed by atoms with Gasteiger partial charge < -0.3 is 15.4 Å². The van der Waals surface area contributed by atoms with E-state index in [9.17, 15) is 14.4 Å². The van der Waals surface area contributed by atoms with Crippen molar-refractivity contribution in [3.8, 4) is 11.8 Å². The van der Waals surface area contributed by atoms with Crippen molar-refractivity contribution in [2.75, 3.05) is 14.2 Å². The molecule has 1 unspecified atom stereocenters. The molecule has 3 aromatic rings. The van der Waals surface area contributed by atoms with Gasteiger partial charge in [-0.15, -0.1) is 0 Å². The van der Waals surface area contributed by atoms with Gasteiger partial charge in [-0.05, 0) is 34.5 Å². The first kappa shape index (κ1) is 19.3. The molecule has 5 nitrogen and oxygen atoms in total. The lowest BCUT2D eigenvalue weighted by molar-refractivity contribution is -0.131. The Bertz CT molecular complexity index is 1060. The largest absolute Gasteiger partial charge is 0.495 e. The summed E-state index contributed by atoms with van der Waals surface area (Å²) in [6, 6.07) is 16.2. The van der Waals surface area contributed by atoms with Crippen LogP contribution in [0.15, 0.2) is 54.6 Å². The average Bonchev–Trinajstić information content (AvgIpc) is 2.72. The minimum atomic E-state index is -0.915. The Kier molecular flexibility index (Phi) is 5.57. The number of hydrogen-bond donors (Lipinski definition) is 1. The topological polar surface area (TPSA) is 79.3 Å². The maximum absolute atomic E-state index is 13.1. The first-order chi connectivity index (χ1) is 13.5. The van der Waals surface area contributed by atoms with Crippen molar-refractivity contribution < 1.29 is 13.9 Å². The van der Waals surface area contributed by atoms with Gasteiger partial charge in [0.25, 0.3) is 0 Å². The SMILES string of the molecule is COc1c(C#N)cc2ccccc2c1CN(C)C(=O)C(N)c1ccc(F)cc1. The summed E-state index contributed by atoms with van der Waals surface area (Å²) < 4.78 is 18.6. The van der Waals surface area contributed by atoms with Crippen molar-refractivity contribution in [1.82, 2.24) is 4.90 Å². The zero-order valence-corrected chi connectivity index (χ0v) is 15.6. The molecule has 0 aliphatic rings. The molecular weight excluding hydrogens is 357 g/mol. The van der Waals surface area contributed by atoms with Crippen LogP contribution in [0.1, 0.15) is 22.7 Å². The Morgan fingerprint density at radius 2 is 1.93 bits per heavy atom. The Morgan fingerprint density at radius 3 is 2.57 bits per heavy atom. The number of methoxy groups -OCH3 is 1. The van der Waals surface area contributed by atoms with Crippen molar-refractivity contribution in [3.63, 3.8) is 0 Å². The standard InChI is InChI=1S/C22H20FN3O2/c1-26(22(27)20(25)14-7-9-17(23)10-8-14)13-19-18-6-4-3-5-15(18)11-16(12-24)21(19)28-2/h3-11,20H,13,25H2,1-2H3. The summed E-state index contributed by atoms with van der Waals surface area (Å²) in [5.74, 6) is -0.266. The highest BCUT2D eigenvalue weighted by Gasteiger charge is 2.23. The number of carbonyl (C=O) groups is 1. The first-order valence-corrected chi connectivity index (χ1v) is 8.71. The third kappa shape index (κ3) is 3.66. The molecule has 0 spiro atoms. The van der Waals surface area contributed by atoms with Crippen molar-refractivity contribution in [2.24, 2.45) is 5.73 Å². The highest BCUT2D eigenvalue weighted by Crippen LogP contribution is 2.33. The number of amides is 1. The van der Waals surface area contributed by atoms with Gasteiger partial charge >= 0.3 is 0 Å². The van der Waals surface area contributed by atoms with Crippen LogP contribution in [0.3, 0.4) is 0 Å². The van der Waals surface area contributed by atoms with E-state index in [1.807, 2.05) is 24.3 Å². The number of nitrogens with two attached hydrogens (primary N) is 1. The number of carbonyl (C=O) groups excluding carboxylic acids is 1. The van der Waals surface area contributed by atoms with Crippen LogP contribution in [0.2, 0.25) is 0 Å². The van der Waals surface area contributed by atoms with E-state index in [1.54, 1.807) is 13.1 Å². The molecule has 0 aromatic heterocycles. The van der Waals surface area contributed by atoms with Gasteiger partial charge in [-0.3, -0.25) is 4.79 Å². The smallest absolute Gasteiger partial charge is 0.244 e. The van der Waals surface area contributed by atoms with Crippen molar-refractivity contribution in [1.29, 1.82) is 5.26 Å². The van der Waals surface area contributed by atoms with Crippen LogP contribution in [-0.4, -0.2) is 25.0 Å². The fourth-order valence-electron chi connectivity index (χ4n) is 3.24. The maximum atomic E-state index is 13.1. The van der Waals surface area contributed by atoms with Crippen molar-refractivity contribution in [2.45, 2.75) is 12.6 Å². The lowest BCUT2D eigenvalue weighted by Gasteiger charge is -2.24. The summed E-state index contributed by atoms with van der Waals surface area (Å²) in [7, 11) is 3.14. The van der Waals surface area contributed by atoms with E-state index in [4.69, 9.17) is 10.5 Å². The van der Waals surface area contributed by atoms with E-state index in [1.165, 1.54) is 36.3 Å². The second-order valence-electron chi connectivity index (χ2n) is 6.49. The molecule has 6 heteroatoms. The fourth-order valence-corrected chi connectivity index (χ4v) is 3.24. The summed E-state index contributed by atoms with van der Waals surface area (Å²) in [5.41, 5.74) is 7.75. The summed E-state index contributed by atoms with van der Waals surface area (Å²) in [6.07, 6.45) is 0. The molecule has 0 aliphatic carbocycles. The number of ether oxygens (including phenoxy) is 1. The molecule has 0 aliphatic heterocycles. The van der Waals surface area contributed by atoms with Crippen LogP contribution in [-0.2, 0) is 11.3 Å². The van der Waals surface area contributed by atoms with E-state index in [-0.39, 0.29) is 18.3 Å². The highest BCUT2D eigenvalue weighted by molar-refractivity contribution is 5.90. The summed E-state index contributed by atoms with van der Waals surface area (Å²) in [5, 5.41) is 11.3. The second-order valence-corrected chi connectivity index (χ2v) is 6.49. The van der Waals surface area contributed by atoms with Gasteiger partial charge in [-0.1, -0.05) is 36.4 Å². The van der Waals surface area contributed by atoms with Crippen LogP contribution in [0.5, 0.6) is 5.75 Å². The van der Waals surface area contributed by atoms with Gasteiger partial charge in [-0.2, -0.15) is 5.26 Å². The van der Waals surface area contributed by atoms with Crippen LogP contribution in [0.25, 0.3) is 10.8 Å². The maximum Gasteiger partial charge on any atom is 0.244 e. The van der Waals surface area contributed by atoms with Crippen LogP contribution < -0.4 is 10.5 Å². The molecule has 2 N–H and O–H groups in total. The Balaban J connectivity index is 1.96. The second kappa shape index (κ2) is 8.07. The molecule has 0 fully saturated rings. The molecule has 0 bridgehead atoms. The Hall–Kier alpha value is -3.43. The third-order valence-corrected chi connectivity index (χ3v) is 4.70. The zero-order valence-electron chi connectivity index (χ0n) is 15.6. The highest BCUT2D eigenvalue weighted by atomic mass is 19.1. The van der Waals surface area contributed by atoms with Crippen LogP contribution >= 0.6 is 0 Å². The molecular formula is C22H20FN3O2. The molecule has 3 rings (SSSR count). The number of nitriles is 1. The van der Waals surface area contributed by atoms with Gasteiger partial charge in [-0.25, -0.2) is 4.39 Å². The van der Waals surface area contributed by atoms with Crippen LogP contribution in [0.4, 0.5) is 4.39 Å². The monoisotopic (exact) mass is 377 g/mol. The number of nitrogens with zero attached hydrogens (tertiary/aromatic N) is 2. The third-order valence-electron chi connectivity index (χ3n) is 4.70. The normalized spacial score (nSPS) is 11.7. The number of halogens is 1.